The second-order valence-electron chi connectivity index (χ2n) is 4.76. The summed E-state index contributed by atoms with van der Waals surface area (Å²) in [5.41, 5.74) is 1.95. The maximum absolute atomic E-state index is 11.9. The summed E-state index contributed by atoms with van der Waals surface area (Å²) in [6.07, 6.45) is 1.04. The van der Waals surface area contributed by atoms with Gasteiger partial charge in [0.05, 0.1) is 13.5 Å². The Bertz CT molecular complexity index is 593. The molecule has 0 aliphatic heterocycles. The highest BCUT2D eigenvalue weighted by atomic mass is 16.5. The monoisotopic (exact) mass is 285 g/mol. The highest BCUT2D eigenvalue weighted by Crippen LogP contribution is 2.17. The molecule has 0 radical (unpaired) electrons. The van der Waals surface area contributed by atoms with Crippen LogP contribution in [0, 0.1) is 0 Å². The van der Waals surface area contributed by atoms with E-state index in [2.05, 4.69) is 5.32 Å². The molecule has 2 N–H and O–H groups in total. The minimum absolute atomic E-state index is 0.0294. The van der Waals surface area contributed by atoms with E-state index in [1.165, 1.54) is 0 Å². The van der Waals surface area contributed by atoms with Crippen molar-refractivity contribution in [3.05, 3.63) is 59.7 Å². The van der Waals surface area contributed by atoms with Crippen LogP contribution in [0.25, 0.3) is 0 Å². The lowest BCUT2D eigenvalue weighted by Gasteiger charge is -2.09. The maximum atomic E-state index is 11.9. The van der Waals surface area contributed by atoms with E-state index in [1.807, 2.05) is 36.4 Å². The Morgan fingerprint density at radius 3 is 2.57 bits per heavy atom. The first-order valence-corrected chi connectivity index (χ1v) is 6.85. The first-order valence-electron chi connectivity index (χ1n) is 6.85. The quantitative estimate of drug-likeness (QED) is 0.856. The van der Waals surface area contributed by atoms with Gasteiger partial charge in [-0.1, -0.05) is 30.3 Å². The van der Waals surface area contributed by atoms with Crippen LogP contribution in [0.15, 0.2) is 48.5 Å². The number of aromatic hydroxyl groups is 1. The summed E-state index contributed by atoms with van der Waals surface area (Å²) in [7, 11) is 1.60. The van der Waals surface area contributed by atoms with Crippen LogP contribution in [-0.2, 0) is 17.6 Å². The lowest BCUT2D eigenvalue weighted by molar-refractivity contribution is -0.120. The van der Waals surface area contributed by atoms with Crippen LogP contribution in [0.1, 0.15) is 11.1 Å². The molecule has 0 saturated carbocycles. The van der Waals surface area contributed by atoms with Gasteiger partial charge in [-0.25, -0.2) is 0 Å². The summed E-state index contributed by atoms with van der Waals surface area (Å²) in [5, 5.41) is 12.1. The third kappa shape index (κ3) is 4.53. The molecule has 1 amide bonds. The SMILES string of the molecule is COc1ccccc1CC(=O)NCCc1ccc(O)cc1. The van der Waals surface area contributed by atoms with Gasteiger partial charge in [0.15, 0.2) is 0 Å². The number of phenolic OH excluding ortho intramolecular Hbond substituents is 1. The zero-order valence-electron chi connectivity index (χ0n) is 12.0. The number of rotatable bonds is 6. The van der Waals surface area contributed by atoms with Crippen LogP contribution in [-0.4, -0.2) is 24.7 Å². The Morgan fingerprint density at radius 1 is 1.14 bits per heavy atom. The van der Waals surface area contributed by atoms with Crippen LogP contribution < -0.4 is 10.1 Å². The first kappa shape index (κ1) is 14.9. The molecule has 0 fully saturated rings. The molecule has 0 aliphatic carbocycles. The zero-order valence-corrected chi connectivity index (χ0v) is 12.0. The predicted octanol–water partition coefficient (Wildman–Crippen LogP) is 2.30. The van der Waals surface area contributed by atoms with Crippen LogP contribution in [0.2, 0.25) is 0 Å². The van der Waals surface area contributed by atoms with E-state index in [9.17, 15) is 9.90 Å². The summed E-state index contributed by atoms with van der Waals surface area (Å²) in [5.74, 6) is 0.948. The molecular weight excluding hydrogens is 266 g/mol. The number of hydrogen-bond acceptors (Lipinski definition) is 3. The van der Waals surface area contributed by atoms with Gasteiger partial charge in [0.25, 0.3) is 0 Å². The van der Waals surface area contributed by atoms with Crippen LogP contribution in [0.5, 0.6) is 11.5 Å². The van der Waals surface area contributed by atoms with E-state index in [0.29, 0.717) is 13.0 Å². The summed E-state index contributed by atoms with van der Waals surface area (Å²) < 4.78 is 5.23. The van der Waals surface area contributed by atoms with Gasteiger partial charge in [0.2, 0.25) is 5.91 Å². The molecule has 4 heteroatoms. The second kappa shape index (κ2) is 7.33. The van der Waals surface area contributed by atoms with Crippen molar-refractivity contribution in [2.45, 2.75) is 12.8 Å². The van der Waals surface area contributed by atoms with Crippen molar-refractivity contribution in [1.82, 2.24) is 5.32 Å². The van der Waals surface area contributed by atoms with Gasteiger partial charge in [0, 0.05) is 12.1 Å². The number of benzene rings is 2. The summed E-state index contributed by atoms with van der Waals surface area (Å²) in [4.78, 5) is 11.9. The van der Waals surface area contributed by atoms with E-state index in [0.717, 1.165) is 23.3 Å². The molecule has 0 bridgehead atoms. The van der Waals surface area contributed by atoms with E-state index in [-0.39, 0.29) is 11.7 Å². The summed E-state index contributed by atoms with van der Waals surface area (Å²) in [6.45, 7) is 0.568. The normalized spacial score (nSPS) is 10.1. The van der Waals surface area contributed by atoms with Crippen LogP contribution in [0.4, 0.5) is 0 Å². The minimum atomic E-state index is -0.0294. The van der Waals surface area contributed by atoms with Crippen molar-refractivity contribution in [1.29, 1.82) is 0 Å². The third-order valence-electron chi connectivity index (χ3n) is 3.22. The van der Waals surface area contributed by atoms with E-state index < -0.39 is 0 Å². The Balaban J connectivity index is 1.81. The highest BCUT2D eigenvalue weighted by molar-refractivity contribution is 5.79. The molecule has 0 spiro atoms. The lowest BCUT2D eigenvalue weighted by atomic mass is 10.1. The lowest BCUT2D eigenvalue weighted by Crippen LogP contribution is -2.27. The van der Waals surface area contributed by atoms with Gasteiger partial charge >= 0.3 is 0 Å². The number of ether oxygens (including phenoxy) is 1. The first-order chi connectivity index (χ1) is 10.2. The molecule has 2 aromatic carbocycles. The molecular formula is C17H19NO3. The molecule has 0 atom stereocenters. The molecule has 4 nitrogen and oxygen atoms in total. The predicted molar refractivity (Wildman–Crippen MR) is 81.5 cm³/mol. The smallest absolute Gasteiger partial charge is 0.224 e. The maximum Gasteiger partial charge on any atom is 0.224 e. The van der Waals surface area contributed by atoms with Crippen molar-refractivity contribution in [3.63, 3.8) is 0 Å². The fourth-order valence-electron chi connectivity index (χ4n) is 2.09. The average Bonchev–Trinajstić information content (AvgIpc) is 2.50. The van der Waals surface area contributed by atoms with Gasteiger partial charge in [-0.15, -0.1) is 0 Å². The number of hydrogen-bond donors (Lipinski definition) is 2. The molecule has 0 heterocycles. The number of amides is 1. The minimum Gasteiger partial charge on any atom is -0.508 e. The highest BCUT2D eigenvalue weighted by Gasteiger charge is 2.07. The molecule has 110 valence electrons. The van der Waals surface area contributed by atoms with Crippen molar-refractivity contribution in [2.75, 3.05) is 13.7 Å². The zero-order chi connectivity index (χ0) is 15.1. The second-order valence-corrected chi connectivity index (χ2v) is 4.76. The molecule has 2 aromatic rings. The Labute approximate surface area is 124 Å². The van der Waals surface area contributed by atoms with E-state index >= 15 is 0 Å². The van der Waals surface area contributed by atoms with Gasteiger partial charge < -0.3 is 15.2 Å². The van der Waals surface area contributed by atoms with Gasteiger partial charge in [-0.05, 0) is 30.2 Å². The number of carbonyl (C=O) groups excluding carboxylic acids is 1. The molecule has 21 heavy (non-hydrogen) atoms. The Kier molecular flexibility index (Phi) is 5.21. The van der Waals surface area contributed by atoms with Crippen molar-refractivity contribution in [2.24, 2.45) is 0 Å². The largest absolute Gasteiger partial charge is 0.508 e. The number of nitrogens with one attached hydrogen (secondary N) is 1. The number of phenols is 1. The number of carbonyl (C=O) groups is 1. The van der Waals surface area contributed by atoms with Crippen molar-refractivity contribution < 1.29 is 14.6 Å². The Hall–Kier alpha value is -2.49. The van der Waals surface area contributed by atoms with Gasteiger partial charge in [-0.2, -0.15) is 0 Å². The van der Waals surface area contributed by atoms with Crippen LogP contribution in [0.3, 0.4) is 0 Å². The standard InChI is InChI=1S/C17H19NO3/c1-21-16-5-3-2-4-14(16)12-17(20)18-11-10-13-6-8-15(19)9-7-13/h2-9,19H,10-12H2,1H3,(H,18,20). The fourth-order valence-corrected chi connectivity index (χ4v) is 2.09. The van der Waals surface area contributed by atoms with Crippen LogP contribution >= 0.6 is 0 Å². The molecule has 0 aromatic heterocycles. The Morgan fingerprint density at radius 2 is 1.86 bits per heavy atom. The van der Waals surface area contributed by atoms with Crippen molar-refractivity contribution in [3.8, 4) is 11.5 Å². The summed E-state index contributed by atoms with van der Waals surface area (Å²) in [6, 6.07) is 14.5. The third-order valence-corrected chi connectivity index (χ3v) is 3.22. The molecule has 0 unspecified atom stereocenters. The number of methoxy groups -OCH3 is 1. The van der Waals surface area contributed by atoms with Crippen molar-refractivity contribution >= 4 is 5.91 Å². The molecule has 2 rings (SSSR count). The topological polar surface area (TPSA) is 58.6 Å². The fraction of sp³-hybridized carbons (Fsp3) is 0.235. The van der Waals surface area contributed by atoms with Gasteiger partial charge in [0.1, 0.15) is 11.5 Å². The number of para-hydroxylation sites is 1. The molecule has 0 aliphatic rings. The molecule has 0 saturated heterocycles. The summed E-state index contributed by atoms with van der Waals surface area (Å²) >= 11 is 0. The van der Waals surface area contributed by atoms with Gasteiger partial charge in [-0.3, -0.25) is 4.79 Å². The average molecular weight is 285 g/mol. The van der Waals surface area contributed by atoms with E-state index in [4.69, 9.17) is 4.74 Å². The van der Waals surface area contributed by atoms with E-state index in [1.54, 1.807) is 19.2 Å².